The van der Waals surface area contributed by atoms with Gasteiger partial charge in [0, 0.05) is 19.0 Å². The zero-order valence-electron chi connectivity index (χ0n) is 10.8. The van der Waals surface area contributed by atoms with Crippen LogP contribution in [0.2, 0.25) is 0 Å². The second-order valence-electron chi connectivity index (χ2n) is 4.55. The minimum Gasteiger partial charge on any atom is -0.496 e. The lowest BCUT2D eigenvalue weighted by molar-refractivity contribution is -0.146. The van der Waals surface area contributed by atoms with Crippen LogP contribution in [0, 0.1) is 5.92 Å². The summed E-state index contributed by atoms with van der Waals surface area (Å²) in [5, 5.41) is 3.29. The Morgan fingerprint density at radius 1 is 1.28 bits per heavy atom. The molecule has 1 fully saturated rings. The van der Waals surface area contributed by atoms with Crippen LogP contribution in [0.1, 0.15) is 17.9 Å². The number of piperidine rings is 1. The van der Waals surface area contributed by atoms with Gasteiger partial charge in [0.25, 0.3) is 0 Å². The minimum absolute atomic E-state index is 0.0707. The molecule has 0 bridgehead atoms. The number of methoxy groups -OCH3 is 2. The normalized spacial score (nSPS) is 23.4. The summed E-state index contributed by atoms with van der Waals surface area (Å²) in [6, 6.07) is 7.97. The maximum atomic E-state index is 11.6. The lowest BCUT2D eigenvalue weighted by atomic mass is 9.85. The van der Waals surface area contributed by atoms with Crippen molar-refractivity contribution in [3.8, 4) is 5.75 Å². The zero-order chi connectivity index (χ0) is 13.0. The van der Waals surface area contributed by atoms with Crippen molar-refractivity contribution in [1.29, 1.82) is 0 Å². The van der Waals surface area contributed by atoms with Gasteiger partial charge in [-0.1, -0.05) is 18.2 Å². The second kappa shape index (κ2) is 5.87. The molecule has 1 aliphatic rings. The molecule has 4 nitrogen and oxygen atoms in total. The van der Waals surface area contributed by atoms with Gasteiger partial charge >= 0.3 is 5.97 Å². The monoisotopic (exact) mass is 249 g/mol. The van der Waals surface area contributed by atoms with Crippen LogP contribution in [0.4, 0.5) is 0 Å². The van der Waals surface area contributed by atoms with E-state index in [1.54, 1.807) is 7.11 Å². The molecule has 2 atom stereocenters. The van der Waals surface area contributed by atoms with E-state index in [0.717, 1.165) is 24.3 Å². The van der Waals surface area contributed by atoms with Gasteiger partial charge in [0.1, 0.15) is 5.75 Å². The Kier molecular flexibility index (Phi) is 4.20. The number of hydrogen-bond donors (Lipinski definition) is 1. The van der Waals surface area contributed by atoms with Crippen molar-refractivity contribution < 1.29 is 14.3 Å². The SMILES string of the molecule is COC(=O)[C@H]1CNC[C@@H](c2ccccc2OC)C1. The van der Waals surface area contributed by atoms with Crippen LogP contribution >= 0.6 is 0 Å². The molecule has 0 aromatic heterocycles. The van der Waals surface area contributed by atoms with Crippen molar-refractivity contribution in [3.63, 3.8) is 0 Å². The Morgan fingerprint density at radius 3 is 2.78 bits per heavy atom. The molecule has 2 rings (SSSR count). The second-order valence-corrected chi connectivity index (χ2v) is 4.55. The van der Waals surface area contributed by atoms with Gasteiger partial charge in [-0.05, 0) is 18.1 Å². The van der Waals surface area contributed by atoms with Crippen LogP contribution in [0.15, 0.2) is 24.3 Å². The molecule has 1 aliphatic heterocycles. The summed E-state index contributed by atoms with van der Waals surface area (Å²) in [6.07, 6.45) is 0.806. The average Bonchev–Trinajstić information content (AvgIpc) is 2.46. The van der Waals surface area contributed by atoms with Crippen LogP contribution in [0.3, 0.4) is 0 Å². The number of nitrogens with one attached hydrogen (secondary N) is 1. The molecule has 0 unspecified atom stereocenters. The summed E-state index contributed by atoms with van der Waals surface area (Å²) in [5.74, 6) is 0.967. The zero-order valence-corrected chi connectivity index (χ0v) is 10.8. The van der Waals surface area contributed by atoms with E-state index in [1.165, 1.54) is 7.11 Å². The van der Waals surface area contributed by atoms with Crippen molar-refractivity contribution >= 4 is 5.97 Å². The van der Waals surface area contributed by atoms with E-state index in [-0.39, 0.29) is 11.9 Å². The highest BCUT2D eigenvalue weighted by atomic mass is 16.5. The molecule has 0 radical (unpaired) electrons. The Bertz CT molecular complexity index is 419. The molecule has 1 saturated heterocycles. The van der Waals surface area contributed by atoms with Crippen LogP contribution in [0.5, 0.6) is 5.75 Å². The highest BCUT2D eigenvalue weighted by Gasteiger charge is 2.29. The van der Waals surface area contributed by atoms with E-state index >= 15 is 0 Å². The molecule has 1 heterocycles. The van der Waals surface area contributed by atoms with E-state index in [0.29, 0.717) is 12.5 Å². The highest BCUT2D eigenvalue weighted by Crippen LogP contribution is 2.32. The lowest BCUT2D eigenvalue weighted by Gasteiger charge is -2.29. The molecule has 0 spiro atoms. The summed E-state index contributed by atoms with van der Waals surface area (Å²) < 4.78 is 10.2. The molecule has 1 aromatic carbocycles. The summed E-state index contributed by atoms with van der Waals surface area (Å²) in [7, 11) is 3.11. The molecule has 4 heteroatoms. The fourth-order valence-electron chi connectivity index (χ4n) is 2.53. The van der Waals surface area contributed by atoms with Gasteiger partial charge in [-0.15, -0.1) is 0 Å². The topological polar surface area (TPSA) is 47.6 Å². The fraction of sp³-hybridized carbons (Fsp3) is 0.500. The van der Waals surface area contributed by atoms with E-state index in [9.17, 15) is 4.79 Å². The number of rotatable bonds is 3. The lowest BCUT2D eigenvalue weighted by Crippen LogP contribution is -2.39. The van der Waals surface area contributed by atoms with Gasteiger partial charge in [0.05, 0.1) is 20.1 Å². The van der Waals surface area contributed by atoms with Crippen molar-refractivity contribution in [1.82, 2.24) is 5.32 Å². The number of carbonyl (C=O) groups is 1. The molecule has 98 valence electrons. The first-order valence-corrected chi connectivity index (χ1v) is 6.17. The average molecular weight is 249 g/mol. The van der Waals surface area contributed by atoms with Crippen molar-refractivity contribution in [3.05, 3.63) is 29.8 Å². The number of hydrogen-bond acceptors (Lipinski definition) is 4. The number of carbonyl (C=O) groups excluding carboxylic acids is 1. The molecule has 1 N–H and O–H groups in total. The molecule has 1 aromatic rings. The first-order valence-electron chi connectivity index (χ1n) is 6.17. The Labute approximate surface area is 107 Å². The van der Waals surface area contributed by atoms with Gasteiger partial charge < -0.3 is 14.8 Å². The van der Waals surface area contributed by atoms with Gasteiger partial charge in [-0.3, -0.25) is 4.79 Å². The van der Waals surface area contributed by atoms with Gasteiger partial charge in [-0.25, -0.2) is 0 Å². The van der Waals surface area contributed by atoms with Gasteiger partial charge in [0.2, 0.25) is 0 Å². The standard InChI is InChI=1S/C14H19NO3/c1-17-13-6-4-3-5-12(13)10-7-11(9-15-8-10)14(16)18-2/h3-6,10-11,15H,7-9H2,1-2H3/t10-,11+/m0/s1. The first-order chi connectivity index (χ1) is 8.76. The van der Waals surface area contributed by atoms with E-state index in [1.807, 2.05) is 18.2 Å². The van der Waals surface area contributed by atoms with Gasteiger partial charge in [0.15, 0.2) is 0 Å². The molecular formula is C14H19NO3. The van der Waals surface area contributed by atoms with Crippen LogP contribution < -0.4 is 10.1 Å². The predicted molar refractivity (Wildman–Crippen MR) is 68.7 cm³/mol. The summed E-state index contributed by atoms with van der Waals surface area (Å²) in [5.41, 5.74) is 1.15. The molecule has 0 saturated carbocycles. The van der Waals surface area contributed by atoms with E-state index in [4.69, 9.17) is 9.47 Å². The Morgan fingerprint density at radius 2 is 2.06 bits per heavy atom. The number of para-hydroxylation sites is 1. The number of ether oxygens (including phenoxy) is 2. The molecule has 18 heavy (non-hydrogen) atoms. The van der Waals surface area contributed by atoms with Crippen LogP contribution in [0.25, 0.3) is 0 Å². The molecule has 0 aliphatic carbocycles. The maximum Gasteiger partial charge on any atom is 0.309 e. The summed E-state index contributed by atoms with van der Waals surface area (Å²) in [6.45, 7) is 1.56. The van der Waals surface area contributed by atoms with Gasteiger partial charge in [-0.2, -0.15) is 0 Å². The van der Waals surface area contributed by atoms with Crippen LogP contribution in [-0.2, 0) is 9.53 Å². The predicted octanol–water partition coefficient (Wildman–Crippen LogP) is 1.56. The quantitative estimate of drug-likeness (QED) is 0.826. The Balaban J connectivity index is 2.15. The third-order valence-electron chi connectivity index (χ3n) is 3.46. The third-order valence-corrected chi connectivity index (χ3v) is 3.46. The number of benzene rings is 1. The van der Waals surface area contributed by atoms with E-state index in [2.05, 4.69) is 11.4 Å². The first kappa shape index (κ1) is 12.9. The van der Waals surface area contributed by atoms with Crippen molar-refractivity contribution in [2.24, 2.45) is 5.92 Å². The maximum absolute atomic E-state index is 11.6. The minimum atomic E-state index is -0.137. The summed E-state index contributed by atoms with van der Waals surface area (Å²) in [4.78, 5) is 11.6. The fourth-order valence-corrected chi connectivity index (χ4v) is 2.53. The van der Waals surface area contributed by atoms with E-state index < -0.39 is 0 Å². The summed E-state index contributed by atoms with van der Waals surface area (Å²) >= 11 is 0. The Hall–Kier alpha value is -1.55. The molecule has 0 amide bonds. The van der Waals surface area contributed by atoms with Crippen molar-refractivity contribution in [2.45, 2.75) is 12.3 Å². The smallest absolute Gasteiger partial charge is 0.309 e. The molecular weight excluding hydrogens is 230 g/mol. The number of esters is 1. The highest BCUT2D eigenvalue weighted by molar-refractivity contribution is 5.72. The largest absolute Gasteiger partial charge is 0.496 e. The third kappa shape index (κ3) is 2.64. The van der Waals surface area contributed by atoms with Crippen LogP contribution in [-0.4, -0.2) is 33.3 Å². The van der Waals surface area contributed by atoms with Crippen molar-refractivity contribution in [2.75, 3.05) is 27.3 Å².